The lowest BCUT2D eigenvalue weighted by Gasteiger charge is -2.27. The number of carboxylic acids is 1. The fourth-order valence-electron chi connectivity index (χ4n) is 2.80. The average molecular weight is 341 g/mol. The van der Waals surface area contributed by atoms with Crippen LogP contribution in [0.1, 0.15) is 21.7 Å². The number of nitrogens with zero attached hydrogens (tertiary/aromatic N) is 4. The Morgan fingerprint density at radius 1 is 1.32 bits per heavy atom. The number of carbonyl (C=O) groups is 2. The second-order valence-electron chi connectivity index (χ2n) is 5.39. The van der Waals surface area contributed by atoms with Crippen molar-refractivity contribution in [2.75, 3.05) is 13.2 Å². The van der Waals surface area contributed by atoms with Gasteiger partial charge in [0.2, 0.25) is 6.08 Å². The quantitative estimate of drug-likeness (QED) is 0.634. The van der Waals surface area contributed by atoms with E-state index in [-0.39, 0.29) is 18.9 Å². The molecule has 0 spiro atoms. The lowest BCUT2D eigenvalue weighted by atomic mass is 10.1. The van der Waals surface area contributed by atoms with Gasteiger partial charge in [-0.1, -0.05) is 18.2 Å². The Hall–Kier alpha value is -3.45. The van der Waals surface area contributed by atoms with Crippen LogP contribution in [0.2, 0.25) is 0 Å². The van der Waals surface area contributed by atoms with Gasteiger partial charge >= 0.3 is 12.0 Å². The van der Waals surface area contributed by atoms with Crippen LogP contribution >= 0.6 is 0 Å². The molecule has 1 aromatic carbocycles. The van der Waals surface area contributed by atoms with Crippen molar-refractivity contribution in [3.8, 4) is 5.69 Å². The van der Waals surface area contributed by atoms with Crippen molar-refractivity contribution in [3.63, 3.8) is 0 Å². The molecule has 0 radical (unpaired) electrons. The molecule has 128 valence electrons. The molecule has 0 bridgehead atoms. The molecule has 9 heteroatoms. The van der Waals surface area contributed by atoms with Gasteiger partial charge in [0, 0.05) is 18.5 Å². The molecule has 0 fully saturated rings. The molecule has 1 aliphatic rings. The molecule has 2 heterocycles. The highest BCUT2D eigenvalue weighted by Crippen LogP contribution is 2.25. The Morgan fingerprint density at radius 2 is 2.08 bits per heavy atom. The minimum absolute atomic E-state index is 0.0673. The maximum atomic E-state index is 12.1. The van der Waals surface area contributed by atoms with Gasteiger partial charge in [-0.3, -0.25) is 0 Å². The standard InChI is InChI=1S/C16H15N5O4/c22-10-17-9-18-16(25)20-7-6-13-12(8-20)14(15(23)24)19-21(13)11-4-2-1-3-5-11/h1-5H,6-9H2,(H,18,25)(H,23,24). The number of hydrogen-bond acceptors (Lipinski definition) is 5. The van der Waals surface area contributed by atoms with Gasteiger partial charge in [0.05, 0.1) is 17.9 Å². The molecule has 0 atom stereocenters. The monoisotopic (exact) mass is 341 g/mol. The largest absolute Gasteiger partial charge is 0.476 e. The van der Waals surface area contributed by atoms with Crippen LogP contribution in [0.4, 0.5) is 4.79 Å². The van der Waals surface area contributed by atoms with Crippen LogP contribution in [0.25, 0.3) is 5.69 Å². The fourth-order valence-corrected chi connectivity index (χ4v) is 2.80. The Kier molecular flexibility index (Phi) is 4.58. The zero-order valence-electron chi connectivity index (χ0n) is 13.2. The Bertz CT molecular complexity index is 855. The maximum absolute atomic E-state index is 12.1. The normalized spacial score (nSPS) is 12.9. The first-order chi connectivity index (χ1) is 12.1. The second kappa shape index (κ2) is 6.98. The summed E-state index contributed by atoms with van der Waals surface area (Å²) in [4.78, 5) is 38.4. The molecule has 2 aromatic rings. The summed E-state index contributed by atoms with van der Waals surface area (Å²) in [5.74, 6) is -1.14. The topological polar surface area (TPSA) is 117 Å². The van der Waals surface area contributed by atoms with Crippen LogP contribution in [0.3, 0.4) is 0 Å². The highest BCUT2D eigenvalue weighted by Gasteiger charge is 2.30. The molecule has 0 aliphatic carbocycles. The summed E-state index contributed by atoms with van der Waals surface area (Å²) >= 11 is 0. The summed E-state index contributed by atoms with van der Waals surface area (Å²) in [5, 5.41) is 16.1. The van der Waals surface area contributed by atoms with Crippen molar-refractivity contribution in [2.45, 2.75) is 13.0 Å². The zero-order chi connectivity index (χ0) is 17.8. The molecule has 2 amide bonds. The first-order valence-electron chi connectivity index (χ1n) is 7.57. The molecular formula is C16H15N5O4. The number of rotatable bonds is 4. The number of urea groups is 1. The molecule has 2 N–H and O–H groups in total. The molecule has 3 rings (SSSR count). The number of amides is 2. The number of aromatic carboxylic acids is 1. The van der Waals surface area contributed by atoms with Crippen molar-refractivity contribution in [3.05, 3.63) is 47.3 Å². The summed E-state index contributed by atoms with van der Waals surface area (Å²) in [6.45, 7) is 0.364. The average Bonchev–Trinajstić information content (AvgIpc) is 3.01. The minimum Gasteiger partial charge on any atom is -0.476 e. The SMILES string of the molecule is O=C=NCNC(=O)N1CCc2c(c(C(=O)O)nn2-c2ccccc2)C1. The van der Waals surface area contributed by atoms with E-state index in [9.17, 15) is 19.5 Å². The predicted octanol–water partition coefficient (Wildman–Crippen LogP) is 0.931. The summed E-state index contributed by atoms with van der Waals surface area (Å²) in [5.41, 5.74) is 1.99. The van der Waals surface area contributed by atoms with Gasteiger partial charge in [-0.25, -0.2) is 19.1 Å². The number of para-hydroxylation sites is 1. The van der Waals surface area contributed by atoms with E-state index in [1.54, 1.807) is 4.68 Å². The Morgan fingerprint density at radius 3 is 2.76 bits per heavy atom. The highest BCUT2D eigenvalue weighted by molar-refractivity contribution is 5.88. The molecule has 1 aliphatic heterocycles. The third-order valence-corrected chi connectivity index (χ3v) is 3.92. The lowest BCUT2D eigenvalue weighted by Crippen LogP contribution is -2.43. The number of isocyanates is 1. The summed E-state index contributed by atoms with van der Waals surface area (Å²) in [7, 11) is 0. The molecule has 25 heavy (non-hydrogen) atoms. The van der Waals surface area contributed by atoms with E-state index < -0.39 is 12.0 Å². The van der Waals surface area contributed by atoms with Crippen LogP contribution in [0.5, 0.6) is 0 Å². The van der Waals surface area contributed by atoms with E-state index in [2.05, 4.69) is 15.4 Å². The summed E-state index contributed by atoms with van der Waals surface area (Å²) < 4.78 is 1.62. The summed E-state index contributed by atoms with van der Waals surface area (Å²) in [6, 6.07) is 8.82. The number of fused-ring (bicyclic) bond motifs is 1. The number of nitrogens with one attached hydrogen (secondary N) is 1. The number of aromatic nitrogens is 2. The van der Waals surface area contributed by atoms with Gasteiger partial charge in [0.1, 0.15) is 6.67 Å². The predicted molar refractivity (Wildman–Crippen MR) is 86.2 cm³/mol. The number of aliphatic imine (C=N–C) groups is 1. The van der Waals surface area contributed by atoms with E-state index in [0.717, 1.165) is 11.4 Å². The van der Waals surface area contributed by atoms with Crippen LogP contribution < -0.4 is 5.32 Å². The molecule has 1 aromatic heterocycles. The molecule has 0 saturated carbocycles. The maximum Gasteiger partial charge on any atom is 0.356 e. The van der Waals surface area contributed by atoms with E-state index >= 15 is 0 Å². The van der Waals surface area contributed by atoms with E-state index in [0.29, 0.717) is 18.5 Å². The van der Waals surface area contributed by atoms with Crippen molar-refractivity contribution in [1.82, 2.24) is 20.0 Å². The smallest absolute Gasteiger partial charge is 0.356 e. The minimum atomic E-state index is -1.14. The second-order valence-corrected chi connectivity index (χ2v) is 5.39. The summed E-state index contributed by atoms with van der Waals surface area (Å²) in [6.07, 6.45) is 1.81. The number of benzene rings is 1. The van der Waals surface area contributed by atoms with Crippen LogP contribution in [0, 0.1) is 0 Å². The van der Waals surface area contributed by atoms with Gasteiger partial charge in [0.15, 0.2) is 5.69 Å². The lowest BCUT2D eigenvalue weighted by molar-refractivity contribution is 0.0687. The first-order valence-corrected chi connectivity index (χ1v) is 7.57. The van der Waals surface area contributed by atoms with Crippen molar-refractivity contribution < 1.29 is 19.5 Å². The van der Waals surface area contributed by atoms with Crippen molar-refractivity contribution >= 4 is 18.1 Å². The Balaban J connectivity index is 1.91. The van der Waals surface area contributed by atoms with Crippen LogP contribution in [-0.4, -0.2) is 51.1 Å². The third-order valence-electron chi connectivity index (χ3n) is 3.92. The first kappa shape index (κ1) is 16.4. The van der Waals surface area contributed by atoms with Crippen molar-refractivity contribution in [2.24, 2.45) is 4.99 Å². The fraction of sp³-hybridized carbons (Fsp3) is 0.250. The van der Waals surface area contributed by atoms with Gasteiger partial charge in [-0.05, 0) is 12.1 Å². The number of carbonyl (C=O) groups excluding carboxylic acids is 2. The molecule has 0 unspecified atom stereocenters. The van der Waals surface area contributed by atoms with E-state index in [4.69, 9.17) is 0 Å². The van der Waals surface area contributed by atoms with Gasteiger partial charge < -0.3 is 15.3 Å². The highest BCUT2D eigenvalue weighted by atomic mass is 16.4. The van der Waals surface area contributed by atoms with Crippen LogP contribution in [0.15, 0.2) is 35.3 Å². The van der Waals surface area contributed by atoms with Gasteiger partial charge in [-0.15, -0.1) is 0 Å². The number of hydrogen-bond donors (Lipinski definition) is 2. The van der Waals surface area contributed by atoms with Crippen molar-refractivity contribution in [1.29, 1.82) is 0 Å². The molecular weight excluding hydrogens is 326 g/mol. The third kappa shape index (κ3) is 3.26. The zero-order valence-corrected chi connectivity index (χ0v) is 13.2. The van der Waals surface area contributed by atoms with E-state index in [1.807, 2.05) is 30.3 Å². The molecule has 9 nitrogen and oxygen atoms in total. The van der Waals surface area contributed by atoms with Gasteiger partial charge in [-0.2, -0.15) is 10.1 Å². The van der Waals surface area contributed by atoms with Crippen LogP contribution in [-0.2, 0) is 17.8 Å². The Labute approximate surface area is 142 Å². The number of carboxylic acid groups (broad SMARTS) is 1. The molecule has 0 saturated heterocycles. The van der Waals surface area contributed by atoms with Gasteiger partial charge in [0.25, 0.3) is 0 Å². The van der Waals surface area contributed by atoms with E-state index in [1.165, 1.54) is 11.0 Å².